The number of aryl methyl sites for hydroxylation is 2. The maximum Gasteiger partial charge on any atom is 0.0403 e. The van der Waals surface area contributed by atoms with Crippen molar-refractivity contribution >= 4 is 5.69 Å². The molecule has 1 fully saturated rings. The van der Waals surface area contributed by atoms with Crippen molar-refractivity contribution in [2.45, 2.75) is 51.1 Å². The van der Waals surface area contributed by atoms with Gasteiger partial charge in [0, 0.05) is 23.8 Å². The molecular formula is C15H22N2. The van der Waals surface area contributed by atoms with E-state index in [1.807, 2.05) is 0 Å². The van der Waals surface area contributed by atoms with Gasteiger partial charge in [0.2, 0.25) is 0 Å². The van der Waals surface area contributed by atoms with E-state index in [0.717, 1.165) is 6.54 Å². The Hall–Kier alpha value is -1.02. The third-order valence-electron chi connectivity index (χ3n) is 4.05. The second-order valence-corrected chi connectivity index (χ2v) is 6.15. The lowest BCUT2D eigenvalue weighted by Gasteiger charge is -2.18. The Morgan fingerprint density at radius 3 is 2.82 bits per heavy atom. The van der Waals surface area contributed by atoms with Gasteiger partial charge in [-0.2, -0.15) is 0 Å². The number of hydrogen-bond donors (Lipinski definition) is 2. The van der Waals surface area contributed by atoms with Crippen LogP contribution in [0.15, 0.2) is 18.2 Å². The molecule has 1 aliphatic carbocycles. The summed E-state index contributed by atoms with van der Waals surface area (Å²) in [5.41, 5.74) is 4.70. The maximum absolute atomic E-state index is 3.66. The number of benzene rings is 1. The molecule has 0 spiro atoms. The monoisotopic (exact) mass is 230 g/mol. The van der Waals surface area contributed by atoms with Crippen molar-refractivity contribution in [1.82, 2.24) is 5.32 Å². The van der Waals surface area contributed by atoms with Crippen molar-refractivity contribution in [3.05, 3.63) is 29.3 Å². The lowest BCUT2D eigenvalue weighted by molar-refractivity contribution is 0.457. The highest BCUT2D eigenvalue weighted by Crippen LogP contribution is 2.27. The molecule has 2 nitrogen and oxygen atoms in total. The summed E-state index contributed by atoms with van der Waals surface area (Å²) < 4.78 is 0. The zero-order valence-electron chi connectivity index (χ0n) is 10.8. The van der Waals surface area contributed by atoms with Crippen LogP contribution in [0.25, 0.3) is 0 Å². The Kier molecular flexibility index (Phi) is 2.62. The SMILES string of the molecule is CC1(C)CC(Nc2ccc3c(c2)CCC3)CN1. The van der Waals surface area contributed by atoms with Crippen molar-refractivity contribution in [2.24, 2.45) is 0 Å². The van der Waals surface area contributed by atoms with Gasteiger partial charge in [0.15, 0.2) is 0 Å². The number of hydrogen-bond acceptors (Lipinski definition) is 2. The highest BCUT2D eigenvalue weighted by Gasteiger charge is 2.30. The molecule has 3 rings (SSSR count). The zero-order valence-corrected chi connectivity index (χ0v) is 10.8. The predicted octanol–water partition coefficient (Wildman–Crippen LogP) is 2.73. The Bertz CT molecular complexity index is 423. The van der Waals surface area contributed by atoms with Crippen molar-refractivity contribution < 1.29 is 0 Å². The second kappa shape index (κ2) is 4.02. The van der Waals surface area contributed by atoms with Crippen LogP contribution in [-0.4, -0.2) is 18.1 Å². The van der Waals surface area contributed by atoms with Crippen LogP contribution >= 0.6 is 0 Å². The van der Waals surface area contributed by atoms with Crippen LogP contribution in [-0.2, 0) is 12.8 Å². The number of fused-ring (bicyclic) bond motifs is 1. The minimum absolute atomic E-state index is 0.286. The van der Waals surface area contributed by atoms with Crippen LogP contribution in [0.3, 0.4) is 0 Å². The molecule has 92 valence electrons. The topological polar surface area (TPSA) is 24.1 Å². The van der Waals surface area contributed by atoms with Gasteiger partial charge in [-0.1, -0.05) is 6.07 Å². The van der Waals surface area contributed by atoms with Crippen molar-refractivity contribution in [3.8, 4) is 0 Å². The first-order valence-corrected chi connectivity index (χ1v) is 6.76. The molecule has 1 aromatic carbocycles. The Balaban J connectivity index is 1.70. The van der Waals surface area contributed by atoms with Crippen LogP contribution < -0.4 is 10.6 Å². The lowest BCUT2D eigenvalue weighted by atomic mass is 10.0. The number of nitrogens with one attached hydrogen (secondary N) is 2. The van der Waals surface area contributed by atoms with E-state index in [-0.39, 0.29) is 5.54 Å². The van der Waals surface area contributed by atoms with Gasteiger partial charge in [-0.05, 0) is 62.8 Å². The summed E-state index contributed by atoms with van der Waals surface area (Å²) in [5.74, 6) is 0. The maximum atomic E-state index is 3.66. The molecule has 1 aromatic rings. The first-order chi connectivity index (χ1) is 8.12. The number of anilines is 1. The summed E-state index contributed by atoms with van der Waals surface area (Å²) in [5, 5.41) is 7.22. The third kappa shape index (κ3) is 2.32. The summed E-state index contributed by atoms with van der Waals surface area (Å²) in [4.78, 5) is 0. The normalized spacial score (nSPS) is 25.9. The molecule has 2 heteroatoms. The fourth-order valence-corrected chi connectivity index (χ4v) is 3.16. The van der Waals surface area contributed by atoms with Crippen LogP contribution in [0.2, 0.25) is 0 Å². The van der Waals surface area contributed by atoms with Crippen LogP contribution in [0.4, 0.5) is 5.69 Å². The molecule has 1 unspecified atom stereocenters. The highest BCUT2D eigenvalue weighted by molar-refractivity contribution is 5.51. The molecule has 1 atom stereocenters. The molecular weight excluding hydrogens is 208 g/mol. The fourth-order valence-electron chi connectivity index (χ4n) is 3.16. The van der Waals surface area contributed by atoms with Gasteiger partial charge in [-0.25, -0.2) is 0 Å². The minimum atomic E-state index is 0.286. The van der Waals surface area contributed by atoms with Crippen molar-refractivity contribution in [2.75, 3.05) is 11.9 Å². The van der Waals surface area contributed by atoms with Gasteiger partial charge < -0.3 is 10.6 Å². The van der Waals surface area contributed by atoms with Crippen LogP contribution in [0.1, 0.15) is 37.8 Å². The molecule has 0 saturated carbocycles. The molecule has 17 heavy (non-hydrogen) atoms. The molecule has 1 heterocycles. The zero-order chi connectivity index (χ0) is 11.9. The van der Waals surface area contributed by atoms with E-state index in [9.17, 15) is 0 Å². The van der Waals surface area contributed by atoms with Gasteiger partial charge in [0.25, 0.3) is 0 Å². The summed E-state index contributed by atoms with van der Waals surface area (Å²) in [7, 11) is 0. The van der Waals surface area contributed by atoms with E-state index in [4.69, 9.17) is 0 Å². The van der Waals surface area contributed by atoms with E-state index in [1.54, 1.807) is 11.1 Å². The molecule has 1 saturated heterocycles. The Morgan fingerprint density at radius 1 is 1.24 bits per heavy atom. The molecule has 1 aliphatic heterocycles. The summed E-state index contributed by atoms with van der Waals surface area (Å²) >= 11 is 0. The van der Waals surface area contributed by atoms with Crippen molar-refractivity contribution in [1.29, 1.82) is 0 Å². The molecule has 0 aromatic heterocycles. The van der Waals surface area contributed by atoms with Gasteiger partial charge in [-0.15, -0.1) is 0 Å². The third-order valence-corrected chi connectivity index (χ3v) is 4.05. The molecule has 0 radical (unpaired) electrons. The van der Waals surface area contributed by atoms with E-state index >= 15 is 0 Å². The van der Waals surface area contributed by atoms with Crippen LogP contribution in [0, 0.1) is 0 Å². The summed E-state index contributed by atoms with van der Waals surface area (Å²) in [6.45, 7) is 5.62. The predicted molar refractivity (Wildman–Crippen MR) is 72.6 cm³/mol. The molecule has 0 bridgehead atoms. The van der Waals surface area contributed by atoms with Gasteiger partial charge >= 0.3 is 0 Å². The average molecular weight is 230 g/mol. The van der Waals surface area contributed by atoms with Crippen molar-refractivity contribution in [3.63, 3.8) is 0 Å². The first kappa shape index (κ1) is 11.1. The Labute approximate surface area is 104 Å². The first-order valence-electron chi connectivity index (χ1n) is 6.76. The lowest BCUT2D eigenvalue weighted by Crippen LogP contribution is -2.31. The summed E-state index contributed by atoms with van der Waals surface area (Å²) in [6, 6.07) is 7.48. The minimum Gasteiger partial charge on any atom is -0.381 e. The van der Waals surface area contributed by atoms with E-state index in [0.29, 0.717) is 6.04 Å². The van der Waals surface area contributed by atoms with E-state index < -0.39 is 0 Å². The molecule has 2 aliphatic rings. The fraction of sp³-hybridized carbons (Fsp3) is 0.600. The van der Waals surface area contributed by atoms with Crippen LogP contribution in [0.5, 0.6) is 0 Å². The average Bonchev–Trinajstić information content (AvgIpc) is 2.84. The molecule has 0 amide bonds. The van der Waals surface area contributed by atoms with Gasteiger partial charge in [0.1, 0.15) is 0 Å². The standard InChI is InChI=1S/C15H22N2/c1-15(2)9-14(10-16-15)17-13-7-6-11-4-3-5-12(11)8-13/h6-8,14,16-17H,3-5,9-10H2,1-2H3. The smallest absolute Gasteiger partial charge is 0.0403 e. The Morgan fingerprint density at radius 2 is 2.06 bits per heavy atom. The number of rotatable bonds is 2. The van der Waals surface area contributed by atoms with Gasteiger partial charge in [0.05, 0.1) is 0 Å². The molecule has 2 N–H and O–H groups in total. The quantitative estimate of drug-likeness (QED) is 0.816. The largest absolute Gasteiger partial charge is 0.381 e. The second-order valence-electron chi connectivity index (χ2n) is 6.15. The summed E-state index contributed by atoms with van der Waals surface area (Å²) in [6.07, 6.45) is 5.06. The highest BCUT2D eigenvalue weighted by atomic mass is 15.1. The van der Waals surface area contributed by atoms with E-state index in [1.165, 1.54) is 31.4 Å². The van der Waals surface area contributed by atoms with Gasteiger partial charge in [-0.3, -0.25) is 0 Å². The van der Waals surface area contributed by atoms with E-state index in [2.05, 4.69) is 42.7 Å².